The van der Waals surface area contributed by atoms with E-state index in [-0.39, 0.29) is 12.0 Å². The smallest absolute Gasteiger partial charge is 0.316 e. The number of carbonyl (C=O) groups is 1. The molecule has 1 aliphatic rings. The summed E-state index contributed by atoms with van der Waals surface area (Å²) in [4.78, 5) is 23.1. The third-order valence-electron chi connectivity index (χ3n) is 5.03. The number of hydrogen-bond donors (Lipinski definition) is 0. The molecule has 1 aromatic carbocycles. The van der Waals surface area contributed by atoms with Gasteiger partial charge in [0.25, 0.3) is 5.91 Å². The molecule has 4 rings (SSSR count). The van der Waals surface area contributed by atoms with E-state index in [4.69, 9.17) is 9.47 Å². The van der Waals surface area contributed by atoms with Gasteiger partial charge in [0.2, 0.25) is 0 Å². The van der Waals surface area contributed by atoms with Gasteiger partial charge in [-0.1, -0.05) is 12.1 Å². The second kappa shape index (κ2) is 8.30. The molecule has 8 nitrogen and oxygen atoms in total. The third kappa shape index (κ3) is 4.06. The number of hydrogen-bond acceptors (Lipinski definition) is 6. The Hall–Kier alpha value is -3.42. The van der Waals surface area contributed by atoms with Gasteiger partial charge >= 0.3 is 6.01 Å². The Labute approximate surface area is 169 Å². The molecule has 0 aliphatic carbocycles. The molecule has 0 saturated carbocycles. The van der Waals surface area contributed by atoms with Crippen LogP contribution in [0.1, 0.15) is 23.3 Å². The van der Waals surface area contributed by atoms with Crippen LogP contribution < -0.4 is 9.47 Å². The predicted molar refractivity (Wildman–Crippen MR) is 107 cm³/mol. The second-order valence-electron chi connectivity index (χ2n) is 6.88. The molecule has 0 bridgehead atoms. The van der Waals surface area contributed by atoms with Crippen molar-refractivity contribution in [3.05, 3.63) is 54.5 Å². The molecule has 0 spiro atoms. The zero-order valence-electron chi connectivity index (χ0n) is 16.5. The Kier molecular flexibility index (Phi) is 5.41. The minimum Gasteiger partial charge on any atom is -0.496 e. The number of carbonyl (C=O) groups excluding carboxylic acids is 1. The monoisotopic (exact) mass is 393 g/mol. The van der Waals surface area contributed by atoms with Crippen LogP contribution in [0.25, 0.3) is 11.3 Å². The van der Waals surface area contributed by atoms with Crippen LogP contribution in [0.15, 0.2) is 48.8 Å². The predicted octanol–water partition coefficient (Wildman–Crippen LogP) is 2.57. The van der Waals surface area contributed by atoms with Gasteiger partial charge in [-0.05, 0) is 24.3 Å². The fraction of sp³-hybridized carbons (Fsp3) is 0.333. The summed E-state index contributed by atoms with van der Waals surface area (Å²) >= 11 is 0. The Morgan fingerprint density at radius 1 is 1.10 bits per heavy atom. The highest BCUT2D eigenvalue weighted by atomic mass is 16.5. The SMILES string of the molecule is COc1ccccc1-c1cc(C(=O)N2CCC(Oc3ncccn3)CC2)n(C)n1. The number of nitrogens with zero attached hydrogens (tertiary/aromatic N) is 5. The van der Waals surface area contributed by atoms with Gasteiger partial charge in [-0.25, -0.2) is 9.97 Å². The number of benzene rings is 1. The van der Waals surface area contributed by atoms with Gasteiger partial charge < -0.3 is 14.4 Å². The summed E-state index contributed by atoms with van der Waals surface area (Å²) in [5, 5.41) is 4.52. The lowest BCUT2D eigenvalue weighted by Crippen LogP contribution is -2.42. The molecule has 29 heavy (non-hydrogen) atoms. The maximum absolute atomic E-state index is 13.1. The van der Waals surface area contributed by atoms with E-state index in [9.17, 15) is 4.79 Å². The first-order valence-corrected chi connectivity index (χ1v) is 9.56. The van der Waals surface area contributed by atoms with Crippen LogP contribution in [-0.4, -0.2) is 56.9 Å². The maximum Gasteiger partial charge on any atom is 0.316 e. The first kappa shape index (κ1) is 18.9. The maximum atomic E-state index is 13.1. The summed E-state index contributed by atoms with van der Waals surface area (Å²) in [6.45, 7) is 1.23. The zero-order chi connectivity index (χ0) is 20.2. The average molecular weight is 393 g/mol. The lowest BCUT2D eigenvalue weighted by Gasteiger charge is -2.31. The summed E-state index contributed by atoms with van der Waals surface area (Å²) in [7, 11) is 3.41. The lowest BCUT2D eigenvalue weighted by molar-refractivity contribution is 0.0569. The highest BCUT2D eigenvalue weighted by molar-refractivity contribution is 5.94. The van der Waals surface area contributed by atoms with Gasteiger partial charge in [-0.3, -0.25) is 9.48 Å². The van der Waals surface area contributed by atoms with Gasteiger partial charge in [-0.2, -0.15) is 5.10 Å². The minimum atomic E-state index is -0.0319. The molecule has 1 fully saturated rings. The number of aromatic nitrogens is 4. The van der Waals surface area contributed by atoms with Crippen molar-refractivity contribution in [3.63, 3.8) is 0 Å². The molecule has 2 aromatic heterocycles. The van der Waals surface area contributed by atoms with E-state index < -0.39 is 0 Å². The first-order chi connectivity index (χ1) is 14.2. The number of amides is 1. The van der Waals surface area contributed by atoms with Crippen molar-refractivity contribution < 1.29 is 14.3 Å². The first-order valence-electron chi connectivity index (χ1n) is 9.56. The molecule has 1 saturated heterocycles. The lowest BCUT2D eigenvalue weighted by atomic mass is 10.1. The molecule has 0 N–H and O–H groups in total. The van der Waals surface area contributed by atoms with E-state index in [2.05, 4.69) is 15.1 Å². The van der Waals surface area contributed by atoms with Gasteiger partial charge in [0.05, 0.1) is 12.8 Å². The van der Waals surface area contributed by atoms with Crippen LogP contribution in [0.5, 0.6) is 11.8 Å². The van der Waals surface area contributed by atoms with Crippen LogP contribution >= 0.6 is 0 Å². The van der Waals surface area contributed by atoms with Gasteiger partial charge in [0.1, 0.15) is 17.5 Å². The Balaban J connectivity index is 1.43. The quantitative estimate of drug-likeness (QED) is 0.663. The summed E-state index contributed by atoms with van der Waals surface area (Å²) in [6, 6.07) is 11.6. The Morgan fingerprint density at radius 3 is 2.55 bits per heavy atom. The van der Waals surface area contributed by atoms with Crippen LogP contribution in [0.3, 0.4) is 0 Å². The van der Waals surface area contributed by atoms with E-state index in [0.717, 1.165) is 24.2 Å². The Morgan fingerprint density at radius 2 is 1.83 bits per heavy atom. The molecule has 0 atom stereocenters. The topological polar surface area (TPSA) is 82.4 Å². The number of ether oxygens (including phenoxy) is 2. The molecular formula is C21H23N5O3. The molecule has 150 valence electrons. The van der Waals surface area contributed by atoms with Gasteiger partial charge in [-0.15, -0.1) is 0 Å². The molecular weight excluding hydrogens is 370 g/mol. The van der Waals surface area contributed by atoms with Crippen molar-refractivity contribution in [1.29, 1.82) is 0 Å². The Bertz CT molecular complexity index is 981. The molecule has 8 heteroatoms. The number of piperidine rings is 1. The largest absolute Gasteiger partial charge is 0.496 e. The van der Waals surface area contributed by atoms with Crippen molar-refractivity contribution in [2.24, 2.45) is 7.05 Å². The van der Waals surface area contributed by atoms with Gasteiger partial charge in [0.15, 0.2) is 0 Å². The van der Waals surface area contributed by atoms with Crippen molar-refractivity contribution in [2.75, 3.05) is 20.2 Å². The van der Waals surface area contributed by atoms with Crippen LogP contribution in [0.4, 0.5) is 0 Å². The fourth-order valence-electron chi connectivity index (χ4n) is 3.49. The summed E-state index contributed by atoms with van der Waals surface area (Å²) in [5.41, 5.74) is 2.13. The van der Waals surface area contributed by atoms with Gasteiger partial charge in [0, 0.05) is 50.9 Å². The molecule has 0 unspecified atom stereocenters. The van der Waals surface area contributed by atoms with Crippen LogP contribution in [0, 0.1) is 0 Å². The number of rotatable bonds is 5. The second-order valence-corrected chi connectivity index (χ2v) is 6.88. The number of methoxy groups -OCH3 is 1. The molecule has 1 aliphatic heterocycles. The fourth-order valence-corrected chi connectivity index (χ4v) is 3.49. The van der Waals surface area contributed by atoms with E-state index in [1.54, 1.807) is 37.3 Å². The van der Waals surface area contributed by atoms with E-state index in [0.29, 0.717) is 30.5 Å². The van der Waals surface area contributed by atoms with Crippen molar-refractivity contribution in [1.82, 2.24) is 24.6 Å². The van der Waals surface area contributed by atoms with Crippen molar-refractivity contribution in [2.45, 2.75) is 18.9 Å². The molecule has 1 amide bonds. The normalized spacial score (nSPS) is 14.6. The molecule has 3 aromatic rings. The molecule has 0 radical (unpaired) electrons. The van der Waals surface area contributed by atoms with Crippen molar-refractivity contribution >= 4 is 5.91 Å². The number of aryl methyl sites for hydroxylation is 1. The number of para-hydroxylation sites is 1. The minimum absolute atomic E-state index is 0.0112. The summed E-state index contributed by atoms with van der Waals surface area (Å²) in [6.07, 6.45) is 4.80. The van der Waals surface area contributed by atoms with Crippen LogP contribution in [0.2, 0.25) is 0 Å². The highest BCUT2D eigenvalue weighted by Crippen LogP contribution is 2.29. The molecule has 3 heterocycles. The van der Waals surface area contributed by atoms with E-state index in [1.807, 2.05) is 35.2 Å². The van der Waals surface area contributed by atoms with E-state index >= 15 is 0 Å². The van der Waals surface area contributed by atoms with Crippen LogP contribution in [-0.2, 0) is 7.05 Å². The number of likely N-dealkylation sites (tertiary alicyclic amines) is 1. The third-order valence-corrected chi connectivity index (χ3v) is 5.03. The summed E-state index contributed by atoms with van der Waals surface area (Å²) in [5.74, 6) is 0.696. The average Bonchev–Trinajstić information content (AvgIpc) is 3.16. The van der Waals surface area contributed by atoms with E-state index in [1.165, 1.54) is 0 Å². The summed E-state index contributed by atoms with van der Waals surface area (Å²) < 4.78 is 12.9. The highest BCUT2D eigenvalue weighted by Gasteiger charge is 2.27. The zero-order valence-corrected chi connectivity index (χ0v) is 16.5. The standard InChI is InChI=1S/C21H23N5O3/c1-25-18(14-17(24-25)16-6-3-4-7-19(16)28-2)20(27)26-12-8-15(9-13-26)29-21-22-10-5-11-23-21/h3-7,10-11,14-15H,8-9,12-13H2,1-2H3. The van der Waals surface area contributed by atoms with Crippen molar-refractivity contribution in [3.8, 4) is 23.0 Å².